The van der Waals surface area contributed by atoms with Crippen LogP contribution in [0.5, 0.6) is 0 Å². The third-order valence-electron chi connectivity index (χ3n) is 3.32. The van der Waals surface area contributed by atoms with Crippen LogP contribution in [0.2, 0.25) is 0 Å². The first kappa shape index (κ1) is 14.3. The maximum Gasteiger partial charge on any atom is 0.232 e. The molecule has 2 rings (SSSR count). The van der Waals surface area contributed by atoms with Crippen LogP contribution in [0.15, 0.2) is 24.3 Å². The van der Waals surface area contributed by atoms with Crippen molar-refractivity contribution < 1.29 is 13.5 Å². The summed E-state index contributed by atoms with van der Waals surface area (Å²) in [5.74, 6) is 0.409. The van der Waals surface area contributed by atoms with Gasteiger partial charge in [0.05, 0.1) is 12.4 Å². The molecule has 1 aromatic carbocycles. The summed E-state index contributed by atoms with van der Waals surface area (Å²) in [4.78, 5) is 0. The zero-order valence-electron chi connectivity index (χ0n) is 10.8. The number of piperidine rings is 1. The van der Waals surface area contributed by atoms with E-state index in [0.29, 0.717) is 5.69 Å². The Labute approximate surface area is 114 Å². The third-order valence-corrected chi connectivity index (χ3v) is 4.78. The molecule has 1 aliphatic rings. The summed E-state index contributed by atoms with van der Waals surface area (Å²) in [6.07, 6.45) is 1.81. The van der Waals surface area contributed by atoms with E-state index < -0.39 is 10.0 Å². The SMILES string of the molecule is O=S(=O)(CC1CCNCC1)Nc1ccc(CO)cc1. The van der Waals surface area contributed by atoms with E-state index in [4.69, 9.17) is 5.11 Å². The minimum atomic E-state index is -3.29. The van der Waals surface area contributed by atoms with Crippen LogP contribution < -0.4 is 10.0 Å². The number of nitrogens with one attached hydrogen (secondary N) is 2. The molecule has 0 saturated carbocycles. The van der Waals surface area contributed by atoms with Crippen molar-refractivity contribution in [1.29, 1.82) is 0 Å². The lowest BCUT2D eigenvalue weighted by atomic mass is 10.0. The minimum Gasteiger partial charge on any atom is -0.392 e. The first-order chi connectivity index (χ1) is 9.09. The molecule has 0 aromatic heterocycles. The van der Waals surface area contributed by atoms with E-state index in [1.807, 2.05) is 0 Å². The summed E-state index contributed by atoms with van der Waals surface area (Å²) in [6, 6.07) is 6.77. The van der Waals surface area contributed by atoms with Crippen molar-refractivity contribution >= 4 is 15.7 Å². The summed E-state index contributed by atoms with van der Waals surface area (Å²) in [5.41, 5.74) is 1.31. The van der Waals surface area contributed by atoms with E-state index in [9.17, 15) is 8.42 Å². The molecule has 1 fully saturated rings. The van der Waals surface area contributed by atoms with Crippen LogP contribution in [0, 0.1) is 5.92 Å². The van der Waals surface area contributed by atoms with Crippen molar-refractivity contribution in [2.75, 3.05) is 23.6 Å². The number of anilines is 1. The highest BCUT2D eigenvalue weighted by atomic mass is 32.2. The first-order valence-corrected chi connectivity index (χ1v) is 8.15. The van der Waals surface area contributed by atoms with Gasteiger partial charge >= 0.3 is 0 Å². The van der Waals surface area contributed by atoms with Crippen molar-refractivity contribution in [2.45, 2.75) is 19.4 Å². The molecule has 0 radical (unpaired) electrons. The van der Waals surface area contributed by atoms with Crippen LogP contribution in [0.3, 0.4) is 0 Å². The average molecular weight is 284 g/mol. The minimum absolute atomic E-state index is 0.0396. The molecule has 1 saturated heterocycles. The van der Waals surface area contributed by atoms with Gasteiger partial charge in [0.2, 0.25) is 10.0 Å². The van der Waals surface area contributed by atoms with Gasteiger partial charge in [-0.1, -0.05) is 12.1 Å². The largest absolute Gasteiger partial charge is 0.392 e. The summed E-state index contributed by atoms with van der Waals surface area (Å²) in [7, 11) is -3.29. The Morgan fingerprint density at radius 1 is 1.21 bits per heavy atom. The van der Waals surface area contributed by atoms with Gasteiger partial charge in [-0.2, -0.15) is 0 Å². The van der Waals surface area contributed by atoms with Crippen LogP contribution in [-0.2, 0) is 16.6 Å². The molecule has 1 heterocycles. The Hall–Kier alpha value is -1.11. The van der Waals surface area contributed by atoms with Gasteiger partial charge in [-0.25, -0.2) is 8.42 Å². The molecular weight excluding hydrogens is 264 g/mol. The number of sulfonamides is 1. The highest BCUT2D eigenvalue weighted by molar-refractivity contribution is 7.92. The molecule has 5 nitrogen and oxygen atoms in total. The zero-order chi connectivity index (χ0) is 13.7. The van der Waals surface area contributed by atoms with E-state index in [2.05, 4.69) is 10.0 Å². The summed E-state index contributed by atoms with van der Waals surface area (Å²) >= 11 is 0. The summed E-state index contributed by atoms with van der Waals surface area (Å²) in [6.45, 7) is 1.75. The lowest BCUT2D eigenvalue weighted by molar-refractivity contribution is 0.282. The van der Waals surface area contributed by atoms with Gasteiger partial charge in [0, 0.05) is 5.69 Å². The molecule has 6 heteroatoms. The van der Waals surface area contributed by atoms with Gasteiger partial charge in [-0.15, -0.1) is 0 Å². The van der Waals surface area contributed by atoms with Crippen LogP contribution in [0.25, 0.3) is 0 Å². The maximum atomic E-state index is 12.0. The molecule has 0 amide bonds. The van der Waals surface area contributed by atoms with Gasteiger partial charge in [-0.3, -0.25) is 4.72 Å². The second-order valence-electron chi connectivity index (χ2n) is 4.93. The monoisotopic (exact) mass is 284 g/mol. The second-order valence-corrected chi connectivity index (χ2v) is 6.70. The fourth-order valence-corrected chi connectivity index (χ4v) is 3.79. The Bertz CT molecular complexity index is 493. The van der Waals surface area contributed by atoms with Crippen molar-refractivity contribution in [3.05, 3.63) is 29.8 Å². The predicted octanol–water partition coefficient (Wildman–Crippen LogP) is 0.920. The van der Waals surface area contributed by atoms with E-state index >= 15 is 0 Å². The molecule has 0 aliphatic carbocycles. The number of aliphatic hydroxyl groups is 1. The second kappa shape index (κ2) is 6.36. The lowest BCUT2D eigenvalue weighted by Gasteiger charge is -2.22. The molecule has 106 valence electrons. The van der Waals surface area contributed by atoms with Gasteiger partial charge < -0.3 is 10.4 Å². The van der Waals surface area contributed by atoms with Gasteiger partial charge in [-0.05, 0) is 49.5 Å². The van der Waals surface area contributed by atoms with Crippen LogP contribution in [0.4, 0.5) is 5.69 Å². The number of aliphatic hydroxyl groups excluding tert-OH is 1. The van der Waals surface area contributed by atoms with E-state index in [1.54, 1.807) is 24.3 Å². The normalized spacial score (nSPS) is 17.3. The third kappa shape index (κ3) is 4.49. The predicted molar refractivity (Wildman–Crippen MR) is 75.4 cm³/mol. The number of benzene rings is 1. The van der Waals surface area contributed by atoms with Crippen molar-refractivity contribution in [2.24, 2.45) is 5.92 Å². The summed E-state index contributed by atoms with van der Waals surface area (Å²) < 4.78 is 26.7. The molecule has 1 aromatic rings. The molecule has 0 bridgehead atoms. The molecule has 0 unspecified atom stereocenters. The molecule has 0 atom stereocenters. The lowest BCUT2D eigenvalue weighted by Crippen LogP contribution is -2.33. The Morgan fingerprint density at radius 2 is 1.84 bits per heavy atom. The molecular formula is C13H20N2O3S. The van der Waals surface area contributed by atoms with Crippen LogP contribution >= 0.6 is 0 Å². The summed E-state index contributed by atoms with van der Waals surface area (Å²) in [5, 5.41) is 12.2. The molecule has 3 N–H and O–H groups in total. The molecule has 19 heavy (non-hydrogen) atoms. The molecule has 1 aliphatic heterocycles. The Morgan fingerprint density at radius 3 is 2.42 bits per heavy atom. The first-order valence-electron chi connectivity index (χ1n) is 6.50. The van der Waals surface area contributed by atoms with Gasteiger partial charge in [0.25, 0.3) is 0 Å². The Balaban J connectivity index is 1.95. The van der Waals surface area contributed by atoms with Crippen molar-refractivity contribution in [3.63, 3.8) is 0 Å². The van der Waals surface area contributed by atoms with Crippen molar-refractivity contribution in [3.8, 4) is 0 Å². The maximum absolute atomic E-state index is 12.0. The fourth-order valence-electron chi connectivity index (χ4n) is 2.26. The van der Waals surface area contributed by atoms with Gasteiger partial charge in [0.15, 0.2) is 0 Å². The van der Waals surface area contributed by atoms with Crippen molar-refractivity contribution in [1.82, 2.24) is 5.32 Å². The average Bonchev–Trinajstić information content (AvgIpc) is 2.39. The van der Waals surface area contributed by atoms with Crippen LogP contribution in [0.1, 0.15) is 18.4 Å². The smallest absolute Gasteiger partial charge is 0.232 e. The fraction of sp³-hybridized carbons (Fsp3) is 0.538. The van der Waals surface area contributed by atoms with E-state index in [-0.39, 0.29) is 18.3 Å². The van der Waals surface area contributed by atoms with Gasteiger partial charge in [0.1, 0.15) is 0 Å². The number of rotatable bonds is 5. The highest BCUT2D eigenvalue weighted by Crippen LogP contribution is 2.17. The quantitative estimate of drug-likeness (QED) is 0.751. The standard InChI is InChI=1S/C13H20N2O3S/c16-9-11-1-3-13(4-2-11)15-19(17,18)10-12-5-7-14-8-6-12/h1-4,12,14-16H,5-10H2. The zero-order valence-corrected chi connectivity index (χ0v) is 11.6. The van der Waals surface area contributed by atoms with E-state index in [1.165, 1.54) is 0 Å². The topological polar surface area (TPSA) is 78.4 Å². The van der Waals surface area contributed by atoms with E-state index in [0.717, 1.165) is 31.5 Å². The molecule has 0 spiro atoms. The highest BCUT2D eigenvalue weighted by Gasteiger charge is 2.21. The number of hydrogen-bond acceptors (Lipinski definition) is 4. The Kier molecular flexibility index (Phi) is 4.79. The van der Waals surface area contributed by atoms with Crippen LogP contribution in [-0.4, -0.2) is 32.4 Å². The number of hydrogen-bond donors (Lipinski definition) is 3.